The van der Waals surface area contributed by atoms with Crippen molar-refractivity contribution in [3.63, 3.8) is 0 Å². The average molecular weight is 243 g/mol. The standard InChI is InChI=1S/C14H13NO3/c16-12-14(10-6-2-1-3-7-10)9-5-4-8-11(14)18-13(17)15-12/h1-3,6-8H,4-5,9H2,(H,15,16,17). The van der Waals surface area contributed by atoms with Crippen LogP contribution in [0.3, 0.4) is 0 Å². The number of imide groups is 1. The van der Waals surface area contributed by atoms with E-state index in [9.17, 15) is 9.59 Å². The Balaban J connectivity index is 2.16. The summed E-state index contributed by atoms with van der Waals surface area (Å²) < 4.78 is 5.21. The van der Waals surface area contributed by atoms with E-state index in [2.05, 4.69) is 5.32 Å². The summed E-state index contributed by atoms with van der Waals surface area (Å²) in [4.78, 5) is 23.6. The van der Waals surface area contributed by atoms with E-state index in [1.165, 1.54) is 0 Å². The minimum Gasteiger partial charge on any atom is -0.413 e. The van der Waals surface area contributed by atoms with Crippen LogP contribution < -0.4 is 5.32 Å². The first-order chi connectivity index (χ1) is 8.73. The van der Waals surface area contributed by atoms with Crippen LogP contribution in [-0.4, -0.2) is 12.0 Å². The lowest BCUT2D eigenvalue weighted by molar-refractivity contribution is -0.128. The van der Waals surface area contributed by atoms with E-state index in [1.54, 1.807) is 0 Å². The van der Waals surface area contributed by atoms with Crippen LogP contribution in [0.2, 0.25) is 0 Å². The maximum Gasteiger partial charge on any atom is 0.419 e. The molecule has 1 aliphatic heterocycles. The molecule has 1 aromatic carbocycles. The summed E-state index contributed by atoms with van der Waals surface area (Å²) in [5.41, 5.74) is 0.0499. The number of fused-ring (bicyclic) bond motifs is 1. The van der Waals surface area contributed by atoms with Gasteiger partial charge in [-0.15, -0.1) is 0 Å². The highest BCUT2D eigenvalue weighted by Gasteiger charge is 2.50. The largest absolute Gasteiger partial charge is 0.419 e. The highest BCUT2D eigenvalue weighted by Crippen LogP contribution is 2.43. The van der Waals surface area contributed by atoms with E-state index < -0.39 is 11.5 Å². The Morgan fingerprint density at radius 2 is 1.94 bits per heavy atom. The zero-order valence-corrected chi connectivity index (χ0v) is 9.81. The molecular weight excluding hydrogens is 230 g/mol. The van der Waals surface area contributed by atoms with Crippen LogP contribution in [0.5, 0.6) is 0 Å². The fourth-order valence-corrected chi connectivity index (χ4v) is 2.72. The molecule has 1 atom stereocenters. The van der Waals surface area contributed by atoms with Gasteiger partial charge in [0.2, 0.25) is 5.91 Å². The van der Waals surface area contributed by atoms with E-state index in [0.717, 1.165) is 18.4 Å². The lowest BCUT2D eigenvalue weighted by Crippen LogP contribution is -2.54. The maximum absolute atomic E-state index is 12.3. The number of carbonyl (C=O) groups excluding carboxylic acids is 2. The van der Waals surface area contributed by atoms with Gasteiger partial charge in [0.05, 0.1) is 0 Å². The molecule has 4 nitrogen and oxygen atoms in total. The molecule has 1 unspecified atom stereocenters. The van der Waals surface area contributed by atoms with Crippen LogP contribution >= 0.6 is 0 Å². The highest BCUT2D eigenvalue weighted by atomic mass is 16.6. The van der Waals surface area contributed by atoms with Gasteiger partial charge < -0.3 is 4.74 Å². The number of ether oxygens (including phenoxy) is 1. The Kier molecular flexibility index (Phi) is 2.44. The molecule has 3 rings (SSSR count). The Bertz CT molecular complexity index is 535. The molecule has 2 amide bonds. The van der Waals surface area contributed by atoms with Crippen molar-refractivity contribution in [3.05, 3.63) is 47.7 Å². The minimum atomic E-state index is -0.826. The van der Waals surface area contributed by atoms with Crippen molar-refractivity contribution < 1.29 is 14.3 Å². The van der Waals surface area contributed by atoms with Gasteiger partial charge >= 0.3 is 6.09 Å². The molecule has 4 heteroatoms. The molecule has 0 bridgehead atoms. The number of carbonyl (C=O) groups is 2. The minimum absolute atomic E-state index is 0.282. The van der Waals surface area contributed by atoms with Gasteiger partial charge in [0.25, 0.3) is 0 Å². The summed E-state index contributed by atoms with van der Waals surface area (Å²) in [5.74, 6) is 0.199. The van der Waals surface area contributed by atoms with E-state index in [1.807, 2.05) is 36.4 Å². The van der Waals surface area contributed by atoms with Gasteiger partial charge in [-0.25, -0.2) is 4.79 Å². The van der Waals surface area contributed by atoms with Gasteiger partial charge in [-0.05, 0) is 30.9 Å². The Labute approximate surface area is 105 Å². The van der Waals surface area contributed by atoms with Gasteiger partial charge in [-0.2, -0.15) is 0 Å². The Hall–Kier alpha value is -2.10. The highest BCUT2D eigenvalue weighted by molar-refractivity contribution is 6.03. The quantitative estimate of drug-likeness (QED) is 0.823. The molecule has 0 aromatic heterocycles. The molecule has 1 aromatic rings. The first kappa shape index (κ1) is 11.0. The molecule has 18 heavy (non-hydrogen) atoms. The monoisotopic (exact) mass is 243 g/mol. The second-order valence-corrected chi connectivity index (χ2v) is 4.58. The van der Waals surface area contributed by atoms with Gasteiger partial charge in [-0.3, -0.25) is 10.1 Å². The molecule has 1 fully saturated rings. The van der Waals surface area contributed by atoms with Gasteiger partial charge in [0.15, 0.2) is 0 Å². The number of hydrogen-bond donors (Lipinski definition) is 1. The fraction of sp³-hybridized carbons (Fsp3) is 0.286. The van der Waals surface area contributed by atoms with Crippen molar-refractivity contribution in [1.82, 2.24) is 5.32 Å². The zero-order chi connectivity index (χ0) is 12.6. The summed E-state index contributed by atoms with van der Waals surface area (Å²) in [7, 11) is 0. The normalized spacial score (nSPS) is 26.8. The van der Waals surface area contributed by atoms with E-state index in [4.69, 9.17) is 4.74 Å². The molecule has 0 radical (unpaired) electrons. The van der Waals surface area contributed by atoms with Crippen LogP contribution in [0.1, 0.15) is 24.8 Å². The van der Waals surface area contributed by atoms with Crippen molar-refractivity contribution in [1.29, 1.82) is 0 Å². The van der Waals surface area contributed by atoms with Gasteiger partial charge in [-0.1, -0.05) is 30.3 Å². The van der Waals surface area contributed by atoms with E-state index in [-0.39, 0.29) is 5.91 Å². The zero-order valence-electron chi connectivity index (χ0n) is 9.81. The van der Waals surface area contributed by atoms with Crippen LogP contribution in [0.4, 0.5) is 4.79 Å². The van der Waals surface area contributed by atoms with Crippen LogP contribution in [-0.2, 0) is 14.9 Å². The predicted molar refractivity (Wildman–Crippen MR) is 64.7 cm³/mol. The second kappa shape index (κ2) is 3.98. The number of amides is 2. The van der Waals surface area contributed by atoms with E-state index >= 15 is 0 Å². The topological polar surface area (TPSA) is 55.4 Å². The third-order valence-corrected chi connectivity index (χ3v) is 3.58. The molecule has 92 valence electrons. The summed E-state index contributed by atoms with van der Waals surface area (Å²) in [6, 6.07) is 9.48. The van der Waals surface area contributed by atoms with Crippen LogP contribution in [0, 0.1) is 0 Å². The van der Waals surface area contributed by atoms with Crippen LogP contribution in [0.15, 0.2) is 42.2 Å². The lowest BCUT2D eigenvalue weighted by Gasteiger charge is -2.39. The maximum atomic E-state index is 12.3. The fourth-order valence-electron chi connectivity index (χ4n) is 2.72. The van der Waals surface area contributed by atoms with Crippen molar-refractivity contribution in [2.75, 3.05) is 0 Å². The Morgan fingerprint density at radius 3 is 2.72 bits per heavy atom. The molecule has 0 spiro atoms. The van der Waals surface area contributed by atoms with Crippen molar-refractivity contribution >= 4 is 12.0 Å². The molecule has 2 aliphatic rings. The molecule has 1 saturated heterocycles. The van der Waals surface area contributed by atoms with Crippen molar-refractivity contribution in [3.8, 4) is 0 Å². The van der Waals surface area contributed by atoms with Gasteiger partial charge in [0, 0.05) is 0 Å². The number of nitrogens with one attached hydrogen (secondary N) is 1. The smallest absolute Gasteiger partial charge is 0.413 e. The molecule has 0 saturated carbocycles. The van der Waals surface area contributed by atoms with Crippen molar-refractivity contribution in [2.24, 2.45) is 0 Å². The molecular formula is C14H13NO3. The SMILES string of the molecule is O=C1NC(=O)C2(c3ccccc3)CCCC=C2O1. The third-order valence-electron chi connectivity index (χ3n) is 3.58. The first-order valence-corrected chi connectivity index (χ1v) is 6.03. The number of hydrogen-bond acceptors (Lipinski definition) is 3. The number of benzene rings is 1. The third kappa shape index (κ3) is 1.45. The number of alkyl carbamates (subject to hydrolysis) is 1. The molecule has 1 aliphatic carbocycles. The second-order valence-electron chi connectivity index (χ2n) is 4.58. The first-order valence-electron chi connectivity index (χ1n) is 6.03. The summed E-state index contributed by atoms with van der Waals surface area (Å²) in [6.45, 7) is 0. The average Bonchev–Trinajstić information content (AvgIpc) is 2.39. The summed E-state index contributed by atoms with van der Waals surface area (Å²) >= 11 is 0. The van der Waals surface area contributed by atoms with Crippen LogP contribution in [0.25, 0.3) is 0 Å². The van der Waals surface area contributed by atoms with E-state index in [0.29, 0.717) is 12.2 Å². The number of rotatable bonds is 1. The lowest BCUT2D eigenvalue weighted by atomic mass is 9.70. The van der Waals surface area contributed by atoms with Gasteiger partial charge in [0.1, 0.15) is 11.2 Å². The molecule has 1 heterocycles. The molecule has 1 N–H and O–H groups in total. The summed E-state index contributed by atoms with van der Waals surface area (Å²) in [6.07, 6.45) is 3.59. The van der Waals surface area contributed by atoms with Crippen molar-refractivity contribution in [2.45, 2.75) is 24.7 Å². The Morgan fingerprint density at radius 1 is 1.17 bits per heavy atom. The predicted octanol–water partition coefficient (Wildman–Crippen LogP) is 2.26. The number of allylic oxidation sites excluding steroid dienone is 1. The summed E-state index contributed by atoms with van der Waals surface area (Å²) in [5, 5.41) is 2.28.